The molecule has 2 aromatic carbocycles. The molecule has 3 aromatic rings. The zero-order valence-corrected chi connectivity index (χ0v) is 12.8. The normalized spacial score (nSPS) is 16.8. The van der Waals surface area contributed by atoms with Gasteiger partial charge >= 0.3 is 0 Å². The number of carbonyl (C=O) groups is 1. The molecular formula is C17H16FN5O. The number of aromatic amines is 1. The number of H-pyrrole nitrogens is 1. The van der Waals surface area contributed by atoms with Gasteiger partial charge in [-0.3, -0.25) is 4.79 Å². The molecule has 3 N–H and O–H groups in total. The van der Waals surface area contributed by atoms with Crippen LogP contribution in [0.5, 0.6) is 0 Å². The number of nitrogens with one attached hydrogen (secondary N) is 3. The molecule has 0 aliphatic carbocycles. The summed E-state index contributed by atoms with van der Waals surface area (Å²) in [5.74, 6) is -1.06. The Morgan fingerprint density at radius 1 is 1.25 bits per heavy atom. The lowest BCUT2D eigenvalue weighted by atomic mass is 9.94. The lowest BCUT2D eigenvalue weighted by Gasteiger charge is -2.27. The van der Waals surface area contributed by atoms with Crippen LogP contribution in [0.1, 0.15) is 27.5 Å². The van der Waals surface area contributed by atoms with Crippen molar-refractivity contribution in [2.45, 2.75) is 12.5 Å². The van der Waals surface area contributed by atoms with Crippen molar-refractivity contribution >= 4 is 16.9 Å². The SMILES string of the molecule is O=C(NCC1NCCc2ccccc21)c1cc2n[nH]nc2cc1F. The van der Waals surface area contributed by atoms with Crippen LogP contribution in [0.2, 0.25) is 0 Å². The minimum Gasteiger partial charge on any atom is -0.350 e. The van der Waals surface area contributed by atoms with Gasteiger partial charge in [0.15, 0.2) is 0 Å². The third-order valence-electron chi connectivity index (χ3n) is 4.33. The number of rotatable bonds is 3. The molecule has 0 spiro atoms. The molecule has 6 nitrogen and oxygen atoms in total. The number of amides is 1. The summed E-state index contributed by atoms with van der Waals surface area (Å²) in [5, 5.41) is 16.3. The Labute approximate surface area is 137 Å². The van der Waals surface area contributed by atoms with E-state index in [-0.39, 0.29) is 11.6 Å². The van der Waals surface area contributed by atoms with Crippen LogP contribution in [0.4, 0.5) is 4.39 Å². The number of nitrogens with zero attached hydrogens (tertiary/aromatic N) is 2. The first kappa shape index (κ1) is 14.8. The van der Waals surface area contributed by atoms with Gasteiger partial charge in [0, 0.05) is 18.7 Å². The Morgan fingerprint density at radius 3 is 2.92 bits per heavy atom. The molecule has 1 atom stereocenters. The Balaban J connectivity index is 1.51. The first-order chi connectivity index (χ1) is 11.7. The van der Waals surface area contributed by atoms with Crippen LogP contribution in [0, 0.1) is 5.82 Å². The Kier molecular flexibility index (Phi) is 3.70. The Bertz CT molecular complexity index is 907. The molecule has 1 aromatic heterocycles. The molecule has 4 rings (SSSR count). The van der Waals surface area contributed by atoms with E-state index >= 15 is 0 Å². The average molecular weight is 325 g/mol. The molecule has 0 bridgehead atoms. The van der Waals surface area contributed by atoms with Gasteiger partial charge in [-0.05, 0) is 30.2 Å². The van der Waals surface area contributed by atoms with Crippen molar-refractivity contribution in [3.63, 3.8) is 0 Å². The zero-order chi connectivity index (χ0) is 16.5. The third-order valence-corrected chi connectivity index (χ3v) is 4.33. The summed E-state index contributed by atoms with van der Waals surface area (Å²) < 4.78 is 14.1. The van der Waals surface area contributed by atoms with Gasteiger partial charge in [-0.25, -0.2) is 4.39 Å². The predicted octanol–water partition coefficient (Wildman–Crippen LogP) is 1.71. The van der Waals surface area contributed by atoms with Crippen LogP contribution in [-0.2, 0) is 6.42 Å². The molecule has 24 heavy (non-hydrogen) atoms. The highest BCUT2D eigenvalue weighted by Gasteiger charge is 2.21. The maximum absolute atomic E-state index is 14.1. The highest BCUT2D eigenvalue weighted by Crippen LogP contribution is 2.22. The fourth-order valence-corrected chi connectivity index (χ4v) is 3.10. The van der Waals surface area contributed by atoms with Gasteiger partial charge in [0.05, 0.1) is 5.56 Å². The lowest BCUT2D eigenvalue weighted by molar-refractivity contribution is 0.0945. The monoisotopic (exact) mass is 325 g/mol. The van der Waals surface area contributed by atoms with E-state index in [2.05, 4.69) is 38.2 Å². The zero-order valence-electron chi connectivity index (χ0n) is 12.8. The van der Waals surface area contributed by atoms with Crippen molar-refractivity contribution in [1.29, 1.82) is 0 Å². The predicted molar refractivity (Wildman–Crippen MR) is 87.1 cm³/mol. The fraction of sp³-hybridized carbons (Fsp3) is 0.235. The minimum atomic E-state index is -0.606. The summed E-state index contributed by atoms with van der Waals surface area (Å²) in [4.78, 5) is 12.3. The van der Waals surface area contributed by atoms with Crippen LogP contribution in [-0.4, -0.2) is 34.4 Å². The number of hydrogen-bond donors (Lipinski definition) is 3. The number of carbonyl (C=O) groups excluding carboxylic acids is 1. The smallest absolute Gasteiger partial charge is 0.254 e. The summed E-state index contributed by atoms with van der Waals surface area (Å²) in [7, 11) is 0. The van der Waals surface area contributed by atoms with Crippen molar-refractivity contribution < 1.29 is 9.18 Å². The number of halogens is 1. The second-order valence-corrected chi connectivity index (χ2v) is 5.81. The van der Waals surface area contributed by atoms with Crippen LogP contribution in [0.15, 0.2) is 36.4 Å². The van der Waals surface area contributed by atoms with Crippen LogP contribution in [0.3, 0.4) is 0 Å². The van der Waals surface area contributed by atoms with Gasteiger partial charge in [0.25, 0.3) is 5.91 Å². The van der Waals surface area contributed by atoms with E-state index in [1.54, 1.807) is 0 Å². The number of benzene rings is 2. The highest BCUT2D eigenvalue weighted by molar-refractivity contribution is 5.97. The molecule has 0 radical (unpaired) electrons. The van der Waals surface area contributed by atoms with Crippen molar-refractivity contribution in [3.05, 3.63) is 58.9 Å². The number of fused-ring (bicyclic) bond motifs is 2. The molecule has 0 saturated heterocycles. The number of hydrogen-bond acceptors (Lipinski definition) is 4. The van der Waals surface area contributed by atoms with Crippen LogP contribution >= 0.6 is 0 Å². The fourth-order valence-electron chi connectivity index (χ4n) is 3.10. The quantitative estimate of drug-likeness (QED) is 0.685. The van der Waals surface area contributed by atoms with Gasteiger partial charge in [0.2, 0.25) is 0 Å². The van der Waals surface area contributed by atoms with Gasteiger partial charge in [-0.15, -0.1) is 0 Å². The first-order valence-electron chi connectivity index (χ1n) is 7.82. The van der Waals surface area contributed by atoms with Crippen molar-refractivity contribution in [2.75, 3.05) is 13.1 Å². The molecule has 0 fully saturated rings. The molecule has 1 amide bonds. The molecule has 122 valence electrons. The maximum Gasteiger partial charge on any atom is 0.254 e. The first-order valence-corrected chi connectivity index (χ1v) is 7.82. The average Bonchev–Trinajstić information content (AvgIpc) is 3.06. The summed E-state index contributed by atoms with van der Waals surface area (Å²) in [6, 6.07) is 10.8. The van der Waals surface area contributed by atoms with Crippen molar-refractivity contribution in [1.82, 2.24) is 26.0 Å². The summed E-state index contributed by atoms with van der Waals surface area (Å²) >= 11 is 0. The van der Waals surface area contributed by atoms with Crippen molar-refractivity contribution in [2.24, 2.45) is 0 Å². The summed E-state index contributed by atoms with van der Waals surface area (Å²) in [6.45, 7) is 1.25. The summed E-state index contributed by atoms with van der Waals surface area (Å²) in [5.41, 5.74) is 3.29. The van der Waals surface area contributed by atoms with Gasteiger partial charge in [0.1, 0.15) is 16.9 Å². The largest absolute Gasteiger partial charge is 0.350 e. The van der Waals surface area contributed by atoms with E-state index in [1.165, 1.54) is 23.3 Å². The van der Waals surface area contributed by atoms with E-state index in [0.717, 1.165) is 13.0 Å². The Hall–Kier alpha value is -2.80. The minimum absolute atomic E-state index is 0.0257. The van der Waals surface area contributed by atoms with Crippen LogP contribution < -0.4 is 10.6 Å². The van der Waals surface area contributed by atoms with Crippen LogP contribution in [0.25, 0.3) is 11.0 Å². The van der Waals surface area contributed by atoms with Gasteiger partial charge < -0.3 is 10.6 Å². The molecule has 1 aliphatic heterocycles. The molecule has 1 aliphatic rings. The molecule has 0 saturated carbocycles. The summed E-state index contributed by atoms with van der Waals surface area (Å²) in [6.07, 6.45) is 0.970. The molecule has 1 unspecified atom stereocenters. The second-order valence-electron chi connectivity index (χ2n) is 5.81. The molecule has 7 heteroatoms. The molecular weight excluding hydrogens is 309 g/mol. The Morgan fingerprint density at radius 2 is 2.04 bits per heavy atom. The van der Waals surface area contributed by atoms with E-state index in [0.29, 0.717) is 17.6 Å². The molecule has 2 heterocycles. The topological polar surface area (TPSA) is 82.7 Å². The van der Waals surface area contributed by atoms with E-state index in [9.17, 15) is 9.18 Å². The standard InChI is InChI=1S/C17H16FN5O/c18-13-8-15-14(21-23-22-15)7-12(13)17(24)20-9-16-11-4-2-1-3-10(11)5-6-19-16/h1-4,7-8,16,19H,5-6,9H2,(H,20,24)(H,21,22,23). The van der Waals surface area contributed by atoms with E-state index in [1.807, 2.05) is 12.1 Å². The van der Waals surface area contributed by atoms with Gasteiger partial charge in [-0.1, -0.05) is 24.3 Å². The van der Waals surface area contributed by atoms with Gasteiger partial charge in [-0.2, -0.15) is 15.4 Å². The lowest BCUT2D eigenvalue weighted by Crippen LogP contribution is -2.39. The number of aromatic nitrogens is 3. The maximum atomic E-state index is 14.1. The third kappa shape index (κ3) is 2.63. The highest BCUT2D eigenvalue weighted by atomic mass is 19.1. The van der Waals surface area contributed by atoms with E-state index < -0.39 is 11.7 Å². The van der Waals surface area contributed by atoms with E-state index in [4.69, 9.17) is 0 Å². The van der Waals surface area contributed by atoms with Crippen molar-refractivity contribution in [3.8, 4) is 0 Å². The second kappa shape index (κ2) is 6.01.